The van der Waals surface area contributed by atoms with Crippen molar-refractivity contribution in [3.63, 3.8) is 0 Å². The van der Waals surface area contributed by atoms with Gasteiger partial charge in [-0.2, -0.15) is 0 Å². The molecular weight excluding hydrogens is 244 g/mol. The standard InChI is InChI=1S/C13H22N4O2/c1-13(2,3)19-12(18)16-7-4-6-14-9-11-5-8-15-10-17-11/h5,8,10,14H,4,6-7,9H2,1-3H3,(H,16,18). The molecule has 0 aliphatic heterocycles. The lowest BCUT2D eigenvalue weighted by atomic mass is 10.2. The first-order valence-corrected chi connectivity index (χ1v) is 6.40. The van der Waals surface area contributed by atoms with Crippen molar-refractivity contribution < 1.29 is 9.53 Å². The molecule has 1 aromatic rings. The fourth-order valence-electron chi connectivity index (χ4n) is 1.36. The Labute approximate surface area is 114 Å². The highest BCUT2D eigenvalue weighted by Gasteiger charge is 2.15. The number of carbonyl (C=O) groups excluding carboxylic acids is 1. The lowest BCUT2D eigenvalue weighted by Gasteiger charge is -2.19. The first kappa shape index (κ1) is 15.4. The van der Waals surface area contributed by atoms with E-state index < -0.39 is 5.60 Å². The number of hydrogen-bond acceptors (Lipinski definition) is 5. The van der Waals surface area contributed by atoms with Crippen LogP contribution in [0.4, 0.5) is 4.79 Å². The third-order valence-electron chi connectivity index (χ3n) is 2.15. The van der Waals surface area contributed by atoms with E-state index in [1.807, 2.05) is 26.8 Å². The van der Waals surface area contributed by atoms with Gasteiger partial charge in [-0.3, -0.25) is 0 Å². The molecule has 0 unspecified atom stereocenters. The van der Waals surface area contributed by atoms with Crippen LogP contribution in [0.3, 0.4) is 0 Å². The van der Waals surface area contributed by atoms with Gasteiger partial charge in [0.1, 0.15) is 11.9 Å². The highest BCUT2D eigenvalue weighted by Crippen LogP contribution is 2.06. The molecule has 0 aliphatic carbocycles. The zero-order chi connectivity index (χ0) is 14.1. The van der Waals surface area contributed by atoms with Gasteiger partial charge in [0.2, 0.25) is 0 Å². The second-order valence-corrected chi connectivity index (χ2v) is 5.16. The number of aromatic nitrogens is 2. The predicted octanol–water partition coefficient (Wildman–Crippen LogP) is 1.48. The Hall–Kier alpha value is -1.69. The fourth-order valence-corrected chi connectivity index (χ4v) is 1.36. The summed E-state index contributed by atoms with van der Waals surface area (Å²) in [6.45, 7) is 7.63. The number of ether oxygens (including phenoxy) is 1. The van der Waals surface area contributed by atoms with Crippen molar-refractivity contribution in [1.29, 1.82) is 0 Å². The van der Waals surface area contributed by atoms with Gasteiger partial charge in [-0.1, -0.05) is 0 Å². The van der Waals surface area contributed by atoms with Crippen LogP contribution in [-0.2, 0) is 11.3 Å². The molecule has 0 saturated carbocycles. The number of rotatable bonds is 6. The van der Waals surface area contributed by atoms with Crippen molar-refractivity contribution in [2.24, 2.45) is 0 Å². The Morgan fingerprint density at radius 3 is 2.79 bits per heavy atom. The average Bonchev–Trinajstić information content (AvgIpc) is 2.32. The number of alkyl carbamates (subject to hydrolysis) is 1. The summed E-state index contributed by atoms with van der Waals surface area (Å²) in [7, 11) is 0. The SMILES string of the molecule is CC(C)(C)OC(=O)NCCCNCc1ccncn1. The van der Waals surface area contributed by atoms with Crippen LogP contribution in [0, 0.1) is 0 Å². The van der Waals surface area contributed by atoms with E-state index in [4.69, 9.17) is 4.74 Å². The van der Waals surface area contributed by atoms with Crippen LogP contribution in [-0.4, -0.2) is 34.8 Å². The molecule has 0 bridgehead atoms. The lowest BCUT2D eigenvalue weighted by molar-refractivity contribution is 0.0527. The van der Waals surface area contributed by atoms with Crippen molar-refractivity contribution in [3.8, 4) is 0 Å². The quantitative estimate of drug-likeness (QED) is 0.763. The maximum atomic E-state index is 11.3. The molecule has 0 aromatic carbocycles. The summed E-state index contributed by atoms with van der Waals surface area (Å²) in [5.74, 6) is 0. The highest BCUT2D eigenvalue weighted by atomic mass is 16.6. The maximum absolute atomic E-state index is 11.3. The molecule has 0 spiro atoms. The monoisotopic (exact) mass is 266 g/mol. The van der Waals surface area contributed by atoms with Crippen molar-refractivity contribution in [2.75, 3.05) is 13.1 Å². The first-order chi connectivity index (χ1) is 8.97. The lowest BCUT2D eigenvalue weighted by Crippen LogP contribution is -2.33. The minimum atomic E-state index is -0.449. The third-order valence-corrected chi connectivity index (χ3v) is 2.15. The van der Waals surface area contributed by atoms with Crippen molar-refractivity contribution >= 4 is 6.09 Å². The number of hydrogen-bond donors (Lipinski definition) is 2. The molecule has 2 N–H and O–H groups in total. The maximum Gasteiger partial charge on any atom is 0.407 e. The summed E-state index contributed by atoms with van der Waals surface area (Å²) >= 11 is 0. The molecule has 0 aliphatic rings. The Morgan fingerprint density at radius 2 is 2.16 bits per heavy atom. The topological polar surface area (TPSA) is 76.1 Å². The van der Waals surface area contributed by atoms with Gasteiger partial charge in [0.05, 0.1) is 5.69 Å². The second kappa shape index (κ2) is 7.68. The second-order valence-electron chi connectivity index (χ2n) is 5.16. The molecule has 1 rings (SSSR count). The number of nitrogens with zero attached hydrogens (tertiary/aromatic N) is 2. The molecule has 19 heavy (non-hydrogen) atoms. The van der Waals surface area contributed by atoms with Crippen LogP contribution in [0.15, 0.2) is 18.6 Å². The smallest absolute Gasteiger partial charge is 0.407 e. The van der Waals surface area contributed by atoms with E-state index in [-0.39, 0.29) is 6.09 Å². The van der Waals surface area contributed by atoms with E-state index in [1.165, 1.54) is 6.33 Å². The number of nitrogens with one attached hydrogen (secondary N) is 2. The zero-order valence-corrected chi connectivity index (χ0v) is 11.8. The fraction of sp³-hybridized carbons (Fsp3) is 0.615. The Kier molecular flexibility index (Phi) is 6.21. The van der Waals surface area contributed by atoms with E-state index in [0.29, 0.717) is 13.1 Å². The minimum Gasteiger partial charge on any atom is -0.444 e. The Bertz CT molecular complexity index is 376. The van der Waals surface area contributed by atoms with Gasteiger partial charge in [0.25, 0.3) is 0 Å². The zero-order valence-electron chi connectivity index (χ0n) is 11.8. The van der Waals surface area contributed by atoms with Crippen LogP contribution in [0.1, 0.15) is 32.9 Å². The molecular formula is C13H22N4O2. The molecule has 0 fully saturated rings. The molecule has 6 nitrogen and oxygen atoms in total. The van der Waals surface area contributed by atoms with Crippen LogP contribution in [0.5, 0.6) is 0 Å². The number of carbonyl (C=O) groups is 1. The first-order valence-electron chi connectivity index (χ1n) is 6.40. The van der Waals surface area contributed by atoms with Crippen LogP contribution in [0.25, 0.3) is 0 Å². The molecule has 106 valence electrons. The highest BCUT2D eigenvalue weighted by molar-refractivity contribution is 5.67. The van der Waals surface area contributed by atoms with Crippen LogP contribution in [0.2, 0.25) is 0 Å². The summed E-state index contributed by atoms with van der Waals surface area (Å²) in [6, 6.07) is 1.87. The number of amides is 1. The Balaban J connectivity index is 2.01. The van der Waals surface area contributed by atoms with Gasteiger partial charge in [-0.05, 0) is 39.8 Å². The van der Waals surface area contributed by atoms with Crippen LogP contribution >= 0.6 is 0 Å². The van der Waals surface area contributed by atoms with Crippen molar-refractivity contribution in [2.45, 2.75) is 39.3 Å². The molecule has 0 radical (unpaired) electrons. The van der Waals surface area contributed by atoms with Crippen molar-refractivity contribution in [3.05, 3.63) is 24.3 Å². The normalized spacial score (nSPS) is 11.1. The summed E-state index contributed by atoms with van der Waals surface area (Å²) in [6.07, 6.45) is 3.71. The largest absolute Gasteiger partial charge is 0.444 e. The van der Waals surface area contributed by atoms with Gasteiger partial charge in [-0.15, -0.1) is 0 Å². The summed E-state index contributed by atoms with van der Waals surface area (Å²) in [4.78, 5) is 19.3. The summed E-state index contributed by atoms with van der Waals surface area (Å²) in [5.41, 5.74) is 0.505. The molecule has 0 atom stereocenters. The minimum absolute atomic E-state index is 0.372. The van der Waals surface area contributed by atoms with Gasteiger partial charge in [0, 0.05) is 19.3 Å². The van der Waals surface area contributed by atoms with Gasteiger partial charge in [0.15, 0.2) is 0 Å². The molecule has 0 saturated heterocycles. The van der Waals surface area contributed by atoms with Gasteiger partial charge >= 0.3 is 6.09 Å². The van der Waals surface area contributed by atoms with E-state index in [2.05, 4.69) is 20.6 Å². The summed E-state index contributed by atoms with van der Waals surface area (Å²) < 4.78 is 5.13. The molecule has 6 heteroatoms. The molecule has 1 amide bonds. The molecule has 1 heterocycles. The van der Waals surface area contributed by atoms with E-state index in [9.17, 15) is 4.79 Å². The van der Waals surface area contributed by atoms with Gasteiger partial charge in [-0.25, -0.2) is 14.8 Å². The summed E-state index contributed by atoms with van der Waals surface area (Å²) in [5, 5.41) is 5.95. The molecule has 1 aromatic heterocycles. The van der Waals surface area contributed by atoms with E-state index in [0.717, 1.165) is 18.7 Å². The van der Waals surface area contributed by atoms with Gasteiger partial charge < -0.3 is 15.4 Å². The van der Waals surface area contributed by atoms with E-state index in [1.54, 1.807) is 6.20 Å². The van der Waals surface area contributed by atoms with Crippen LogP contribution < -0.4 is 10.6 Å². The third kappa shape index (κ3) is 8.10. The Morgan fingerprint density at radius 1 is 1.37 bits per heavy atom. The average molecular weight is 266 g/mol. The predicted molar refractivity (Wildman–Crippen MR) is 72.6 cm³/mol. The van der Waals surface area contributed by atoms with Crippen molar-refractivity contribution in [1.82, 2.24) is 20.6 Å². The van der Waals surface area contributed by atoms with E-state index >= 15 is 0 Å².